The van der Waals surface area contributed by atoms with Crippen molar-refractivity contribution in [2.75, 3.05) is 13.1 Å². The van der Waals surface area contributed by atoms with Crippen LogP contribution in [-0.2, 0) is 6.54 Å². The summed E-state index contributed by atoms with van der Waals surface area (Å²) in [5.74, 6) is 1.51. The van der Waals surface area contributed by atoms with Crippen LogP contribution in [0.1, 0.15) is 32.3 Å². The molecule has 3 rings (SSSR count). The van der Waals surface area contributed by atoms with E-state index >= 15 is 0 Å². The van der Waals surface area contributed by atoms with Crippen molar-refractivity contribution >= 4 is 0 Å². The Kier molecular flexibility index (Phi) is 3.90. The van der Waals surface area contributed by atoms with Crippen molar-refractivity contribution in [2.45, 2.75) is 45.3 Å². The van der Waals surface area contributed by atoms with Gasteiger partial charge < -0.3 is 5.32 Å². The molecule has 1 aromatic rings. The summed E-state index contributed by atoms with van der Waals surface area (Å²) in [6.45, 7) is 8.38. The van der Waals surface area contributed by atoms with Crippen molar-refractivity contribution in [1.82, 2.24) is 10.2 Å². The Morgan fingerprint density at radius 2 is 1.68 bits per heavy atom. The van der Waals surface area contributed by atoms with Crippen LogP contribution in [0, 0.1) is 11.8 Å². The predicted molar refractivity (Wildman–Crippen MR) is 80.0 cm³/mol. The first kappa shape index (κ1) is 13.1. The fourth-order valence-electron chi connectivity index (χ4n) is 3.50. The Labute approximate surface area is 117 Å². The number of likely N-dealkylation sites (tertiary alicyclic amines) is 1. The van der Waals surface area contributed by atoms with Crippen LogP contribution in [0.15, 0.2) is 30.3 Å². The second kappa shape index (κ2) is 5.64. The van der Waals surface area contributed by atoms with Crippen molar-refractivity contribution in [3.63, 3.8) is 0 Å². The fourth-order valence-corrected chi connectivity index (χ4v) is 3.50. The monoisotopic (exact) mass is 258 g/mol. The molecule has 1 aromatic carbocycles. The lowest BCUT2D eigenvalue weighted by Crippen LogP contribution is -2.53. The summed E-state index contributed by atoms with van der Waals surface area (Å²) in [6.07, 6.45) is 2.79. The van der Waals surface area contributed by atoms with E-state index in [2.05, 4.69) is 54.4 Å². The zero-order valence-electron chi connectivity index (χ0n) is 12.2. The minimum Gasteiger partial charge on any atom is -0.311 e. The molecule has 104 valence electrons. The van der Waals surface area contributed by atoms with Crippen molar-refractivity contribution in [3.8, 4) is 0 Å². The molecule has 1 saturated heterocycles. The third-order valence-corrected chi connectivity index (χ3v) is 4.57. The van der Waals surface area contributed by atoms with Gasteiger partial charge in [0.2, 0.25) is 0 Å². The maximum atomic E-state index is 3.85. The first-order chi connectivity index (χ1) is 9.22. The molecule has 1 saturated carbocycles. The third kappa shape index (κ3) is 3.37. The highest BCUT2D eigenvalue weighted by atomic mass is 15.2. The number of benzene rings is 1. The maximum Gasteiger partial charge on any atom is 0.0233 e. The van der Waals surface area contributed by atoms with Crippen LogP contribution in [0.5, 0.6) is 0 Å². The van der Waals surface area contributed by atoms with Crippen LogP contribution >= 0.6 is 0 Å². The molecule has 2 nitrogen and oxygen atoms in total. The van der Waals surface area contributed by atoms with Crippen LogP contribution in [0.3, 0.4) is 0 Å². The predicted octanol–water partition coefficient (Wildman–Crippen LogP) is 2.90. The molecule has 2 fully saturated rings. The number of rotatable bonds is 4. The van der Waals surface area contributed by atoms with Gasteiger partial charge in [0.05, 0.1) is 0 Å². The zero-order valence-corrected chi connectivity index (χ0v) is 12.2. The molecule has 0 radical (unpaired) electrons. The Morgan fingerprint density at radius 1 is 1.05 bits per heavy atom. The Bertz CT molecular complexity index is 387. The molecule has 19 heavy (non-hydrogen) atoms. The van der Waals surface area contributed by atoms with E-state index in [1.165, 1.54) is 31.5 Å². The lowest BCUT2D eigenvalue weighted by Gasteiger charge is -2.42. The zero-order chi connectivity index (χ0) is 13.2. The molecule has 1 N–H and O–H groups in total. The van der Waals surface area contributed by atoms with Gasteiger partial charge in [0.15, 0.2) is 0 Å². The molecular formula is C17H26N2. The summed E-state index contributed by atoms with van der Waals surface area (Å²) in [5, 5.41) is 3.85. The highest BCUT2D eigenvalue weighted by Gasteiger charge is 2.35. The van der Waals surface area contributed by atoms with Crippen molar-refractivity contribution < 1.29 is 0 Å². The number of hydrogen-bond donors (Lipinski definition) is 1. The minimum atomic E-state index is 0.722. The Hall–Kier alpha value is -0.860. The molecule has 2 atom stereocenters. The van der Waals surface area contributed by atoms with E-state index in [4.69, 9.17) is 0 Å². The van der Waals surface area contributed by atoms with E-state index in [0.29, 0.717) is 0 Å². The van der Waals surface area contributed by atoms with Gasteiger partial charge in [-0.1, -0.05) is 44.2 Å². The first-order valence-electron chi connectivity index (χ1n) is 7.74. The molecule has 1 aliphatic carbocycles. The second-order valence-corrected chi connectivity index (χ2v) is 6.60. The number of nitrogens with zero attached hydrogens (tertiary/aromatic N) is 1. The first-order valence-corrected chi connectivity index (χ1v) is 7.74. The minimum absolute atomic E-state index is 0.722. The highest BCUT2D eigenvalue weighted by molar-refractivity contribution is 5.14. The van der Waals surface area contributed by atoms with E-state index in [9.17, 15) is 0 Å². The van der Waals surface area contributed by atoms with Gasteiger partial charge in [0.25, 0.3) is 0 Å². The average Bonchev–Trinajstić information content (AvgIpc) is 3.19. The SMILES string of the molecule is CC1CN(Cc2ccccc2)CC(C)C1NC1CC1. The van der Waals surface area contributed by atoms with Gasteiger partial charge in [-0.25, -0.2) is 0 Å². The van der Waals surface area contributed by atoms with Crippen LogP contribution in [0.4, 0.5) is 0 Å². The molecule has 2 heteroatoms. The van der Waals surface area contributed by atoms with E-state index < -0.39 is 0 Å². The second-order valence-electron chi connectivity index (χ2n) is 6.60. The van der Waals surface area contributed by atoms with Crippen molar-refractivity contribution in [3.05, 3.63) is 35.9 Å². The van der Waals surface area contributed by atoms with E-state index in [1.807, 2.05) is 0 Å². The summed E-state index contributed by atoms with van der Waals surface area (Å²) in [5.41, 5.74) is 1.44. The molecule has 1 heterocycles. The maximum absolute atomic E-state index is 3.85. The quantitative estimate of drug-likeness (QED) is 0.893. The molecule has 1 aliphatic heterocycles. The molecule has 0 aromatic heterocycles. The van der Waals surface area contributed by atoms with E-state index in [-0.39, 0.29) is 0 Å². The summed E-state index contributed by atoms with van der Waals surface area (Å²) < 4.78 is 0. The molecule has 2 aliphatic rings. The van der Waals surface area contributed by atoms with Crippen LogP contribution < -0.4 is 5.32 Å². The van der Waals surface area contributed by atoms with Gasteiger partial charge in [-0.05, 0) is 30.2 Å². The van der Waals surface area contributed by atoms with Gasteiger partial charge in [0.1, 0.15) is 0 Å². The number of nitrogens with one attached hydrogen (secondary N) is 1. The normalized spacial score (nSPS) is 32.4. The molecule has 0 amide bonds. The lowest BCUT2D eigenvalue weighted by atomic mass is 9.85. The van der Waals surface area contributed by atoms with Gasteiger partial charge in [0, 0.05) is 31.7 Å². The number of piperidine rings is 1. The van der Waals surface area contributed by atoms with Crippen molar-refractivity contribution in [1.29, 1.82) is 0 Å². The lowest BCUT2D eigenvalue weighted by molar-refractivity contribution is 0.0939. The number of hydrogen-bond acceptors (Lipinski definition) is 2. The Morgan fingerprint density at radius 3 is 2.26 bits per heavy atom. The standard InChI is InChI=1S/C17H26N2/c1-13-10-19(12-15-6-4-3-5-7-15)11-14(2)17(13)18-16-8-9-16/h3-7,13-14,16-18H,8-12H2,1-2H3. The molecule has 0 bridgehead atoms. The molecular weight excluding hydrogens is 232 g/mol. The Balaban J connectivity index is 1.58. The third-order valence-electron chi connectivity index (χ3n) is 4.57. The topological polar surface area (TPSA) is 15.3 Å². The average molecular weight is 258 g/mol. The molecule has 0 spiro atoms. The van der Waals surface area contributed by atoms with Gasteiger partial charge in [-0.2, -0.15) is 0 Å². The summed E-state index contributed by atoms with van der Waals surface area (Å²) >= 11 is 0. The van der Waals surface area contributed by atoms with E-state index in [0.717, 1.165) is 30.5 Å². The van der Waals surface area contributed by atoms with E-state index in [1.54, 1.807) is 0 Å². The van der Waals surface area contributed by atoms with Crippen LogP contribution in [-0.4, -0.2) is 30.1 Å². The van der Waals surface area contributed by atoms with Crippen molar-refractivity contribution in [2.24, 2.45) is 11.8 Å². The highest BCUT2D eigenvalue weighted by Crippen LogP contribution is 2.28. The van der Waals surface area contributed by atoms with Gasteiger partial charge in [-0.3, -0.25) is 4.90 Å². The van der Waals surface area contributed by atoms with Crippen LogP contribution in [0.25, 0.3) is 0 Å². The summed E-state index contributed by atoms with van der Waals surface area (Å²) in [7, 11) is 0. The smallest absolute Gasteiger partial charge is 0.0233 e. The van der Waals surface area contributed by atoms with Gasteiger partial charge >= 0.3 is 0 Å². The summed E-state index contributed by atoms with van der Waals surface area (Å²) in [6, 6.07) is 12.4. The molecule has 2 unspecified atom stereocenters. The van der Waals surface area contributed by atoms with Gasteiger partial charge in [-0.15, -0.1) is 0 Å². The van der Waals surface area contributed by atoms with Crippen LogP contribution in [0.2, 0.25) is 0 Å². The fraction of sp³-hybridized carbons (Fsp3) is 0.647. The summed E-state index contributed by atoms with van der Waals surface area (Å²) in [4.78, 5) is 2.62. The largest absolute Gasteiger partial charge is 0.311 e.